The molecule has 3 heteroatoms. The highest BCUT2D eigenvalue weighted by Gasteiger charge is 2.54. The Bertz CT molecular complexity index is 390. The van der Waals surface area contributed by atoms with Crippen molar-refractivity contribution in [2.75, 3.05) is 5.75 Å². The third kappa shape index (κ3) is 1.25. The molecule has 2 rings (SSSR count). The van der Waals surface area contributed by atoms with Gasteiger partial charge in [-0.25, -0.2) is 0 Å². The van der Waals surface area contributed by atoms with Crippen molar-refractivity contribution in [2.24, 2.45) is 23.2 Å². The highest BCUT2D eigenvalue weighted by molar-refractivity contribution is 7.87. The third-order valence-electron chi connectivity index (χ3n) is 4.23. The van der Waals surface area contributed by atoms with E-state index in [-0.39, 0.29) is 5.41 Å². The van der Waals surface area contributed by atoms with Gasteiger partial charge >= 0.3 is 0 Å². The first kappa shape index (κ1) is 11.2. The van der Waals surface area contributed by atoms with Crippen LogP contribution in [0.3, 0.4) is 0 Å². The minimum Gasteiger partial charge on any atom is -0.461 e. The fourth-order valence-electron chi connectivity index (χ4n) is 3.65. The highest BCUT2D eigenvalue weighted by atomic mass is 32.2. The van der Waals surface area contributed by atoms with Crippen LogP contribution in [0.1, 0.15) is 34.1 Å². The van der Waals surface area contributed by atoms with Gasteiger partial charge < -0.3 is 4.21 Å². The van der Waals surface area contributed by atoms with Crippen LogP contribution in [0.4, 0.5) is 0 Å². The standard InChI is InChI=1S/C12H19O2S/c1-7(2)11-8(3)5-10(13)12(11)6-15(14)9(12)4/h7-8,11H,5-6H2,1-4H3/q-1. The van der Waals surface area contributed by atoms with Crippen molar-refractivity contribution in [1.82, 2.24) is 0 Å². The molecule has 1 aliphatic heterocycles. The van der Waals surface area contributed by atoms with E-state index in [4.69, 9.17) is 0 Å². The zero-order valence-corrected chi connectivity index (χ0v) is 10.7. The first-order chi connectivity index (χ1) is 6.91. The Morgan fingerprint density at radius 2 is 2.07 bits per heavy atom. The normalized spacial score (nSPS) is 41.7. The highest BCUT2D eigenvalue weighted by Crippen LogP contribution is 2.52. The molecule has 86 valence electrons. The quantitative estimate of drug-likeness (QED) is 0.507. The molecule has 0 aromatic rings. The lowest BCUT2D eigenvalue weighted by atomic mass is 9.69. The molecule has 1 aliphatic carbocycles. The maximum atomic E-state index is 12.1. The van der Waals surface area contributed by atoms with Gasteiger partial charge in [0.25, 0.3) is 0 Å². The van der Waals surface area contributed by atoms with Crippen LogP contribution in [0.25, 0.3) is 0 Å². The van der Waals surface area contributed by atoms with Crippen LogP contribution in [0.15, 0.2) is 0 Å². The van der Waals surface area contributed by atoms with E-state index in [2.05, 4.69) is 20.8 Å². The molecule has 2 nitrogen and oxygen atoms in total. The molecule has 0 bridgehead atoms. The summed E-state index contributed by atoms with van der Waals surface area (Å²) in [5.41, 5.74) is -0.307. The Morgan fingerprint density at radius 3 is 2.47 bits per heavy atom. The van der Waals surface area contributed by atoms with Crippen LogP contribution < -0.4 is 0 Å². The molecule has 1 fully saturated rings. The summed E-state index contributed by atoms with van der Waals surface area (Å²) in [6, 6.07) is 0. The number of Topliss-reactive ketones (excluding diaryl/α,β-unsaturated/α-hetero) is 1. The van der Waals surface area contributed by atoms with E-state index in [1.54, 1.807) is 0 Å². The Kier molecular flexibility index (Phi) is 2.49. The largest absolute Gasteiger partial charge is 0.461 e. The maximum absolute atomic E-state index is 12.1. The van der Waals surface area contributed by atoms with Gasteiger partial charge in [0.05, 0.1) is 0 Å². The molecule has 3 unspecified atom stereocenters. The second-order valence-electron chi connectivity index (χ2n) is 5.39. The molecule has 1 saturated carbocycles. The van der Waals surface area contributed by atoms with Crippen LogP contribution in [-0.2, 0) is 19.4 Å². The Hall–Kier alpha value is -0.310. The topological polar surface area (TPSA) is 34.1 Å². The smallest absolute Gasteiger partial charge is 0.139 e. The molecule has 0 saturated heterocycles. The minimum absolute atomic E-state index is 0.307. The van der Waals surface area contributed by atoms with E-state index in [0.717, 1.165) is 4.86 Å². The van der Waals surface area contributed by atoms with E-state index in [1.807, 2.05) is 6.92 Å². The number of carbonyl (C=O) groups is 1. The van der Waals surface area contributed by atoms with E-state index in [0.29, 0.717) is 35.7 Å². The predicted molar refractivity (Wildman–Crippen MR) is 63.1 cm³/mol. The lowest BCUT2D eigenvalue weighted by Crippen LogP contribution is -2.53. The van der Waals surface area contributed by atoms with E-state index in [9.17, 15) is 9.00 Å². The zero-order valence-electron chi connectivity index (χ0n) is 9.87. The van der Waals surface area contributed by atoms with Crippen molar-refractivity contribution in [3.63, 3.8) is 0 Å². The van der Waals surface area contributed by atoms with Crippen molar-refractivity contribution in [3.8, 4) is 0 Å². The molecule has 0 aromatic carbocycles. The van der Waals surface area contributed by atoms with Crippen molar-refractivity contribution >= 4 is 21.0 Å². The van der Waals surface area contributed by atoms with Gasteiger partial charge in [-0.1, -0.05) is 33.4 Å². The van der Waals surface area contributed by atoms with Gasteiger partial charge in [0.2, 0.25) is 0 Å². The summed E-state index contributed by atoms with van der Waals surface area (Å²) in [5, 5.41) is 0. The van der Waals surface area contributed by atoms with Crippen molar-refractivity contribution in [2.45, 2.75) is 34.1 Å². The molecule has 0 amide bonds. The Balaban J connectivity index is 2.47. The van der Waals surface area contributed by atoms with Crippen LogP contribution in [0.5, 0.6) is 0 Å². The van der Waals surface area contributed by atoms with E-state index in [1.165, 1.54) is 0 Å². The first-order valence-electron chi connectivity index (χ1n) is 5.67. The number of hydrogen-bond acceptors (Lipinski definition) is 3. The monoisotopic (exact) mass is 227 g/mol. The van der Waals surface area contributed by atoms with Crippen LogP contribution in [0.2, 0.25) is 0 Å². The number of ketones is 1. The summed E-state index contributed by atoms with van der Waals surface area (Å²) in [7, 11) is -0.843. The summed E-state index contributed by atoms with van der Waals surface area (Å²) < 4.78 is 11.5. The van der Waals surface area contributed by atoms with E-state index >= 15 is 0 Å². The van der Waals surface area contributed by atoms with Gasteiger partial charge in [0.1, 0.15) is 5.78 Å². The predicted octanol–water partition coefficient (Wildman–Crippen LogP) is 2.02. The minimum atomic E-state index is -0.843. The molecule has 2 aliphatic rings. The average molecular weight is 227 g/mol. The molecule has 1 spiro atoms. The lowest BCUT2D eigenvalue weighted by molar-refractivity contribution is -0.123. The summed E-state index contributed by atoms with van der Waals surface area (Å²) >= 11 is 0. The second kappa shape index (κ2) is 3.34. The van der Waals surface area contributed by atoms with Gasteiger partial charge in [-0.05, 0) is 17.8 Å². The fourth-order valence-corrected chi connectivity index (χ4v) is 5.33. The van der Waals surface area contributed by atoms with Crippen molar-refractivity contribution in [3.05, 3.63) is 0 Å². The molecular weight excluding hydrogens is 208 g/mol. The molecule has 1 heterocycles. The Labute approximate surface area is 93.5 Å². The van der Waals surface area contributed by atoms with Gasteiger partial charge in [0.15, 0.2) is 0 Å². The molecule has 0 aromatic heterocycles. The van der Waals surface area contributed by atoms with Gasteiger partial charge in [-0.15, -0.1) is 0 Å². The SMILES string of the molecule is CC1=[S-](=O)CC12C(=O)CC(C)C2C(C)C. The summed E-state index contributed by atoms with van der Waals surface area (Å²) in [6.45, 7) is 8.42. The van der Waals surface area contributed by atoms with E-state index < -0.39 is 10.4 Å². The van der Waals surface area contributed by atoms with Gasteiger partial charge in [-0.3, -0.25) is 15.2 Å². The molecule has 3 atom stereocenters. The molecule has 15 heavy (non-hydrogen) atoms. The lowest BCUT2D eigenvalue weighted by Gasteiger charge is -2.50. The van der Waals surface area contributed by atoms with Gasteiger partial charge in [0, 0.05) is 11.8 Å². The second-order valence-corrected chi connectivity index (χ2v) is 6.98. The van der Waals surface area contributed by atoms with Crippen LogP contribution in [-0.4, -0.2) is 16.4 Å². The van der Waals surface area contributed by atoms with Crippen molar-refractivity contribution in [1.29, 1.82) is 0 Å². The zero-order chi connectivity index (χ0) is 11.4. The van der Waals surface area contributed by atoms with Gasteiger partial charge in [-0.2, -0.15) is 4.86 Å². The number of hydrogen-bond donors (Lipinski definition) is 0. The summed E-state index contributed by atoms with van der Waals surface area (Å²) in [4.78, 5) is 13.0. The summed E-state index contributed by atoms with van der Waals surface area (Å²) in [5.74, 6) is 2.28. The molecular formula is C12H19O2S-. The van der Waals surface area contributed by atoms with Crippen LogP contribution >= 0.6 is 0 Å². The third-order valence-corrected chi connectivity index (χ3v) is 6.00. The van der Waals surface area contributed by atoms with Crippen molar-refractivity contribution < 1.29 is 9.00 Å². The Morgan fingerprint density at radius 1 is 1.47 bits per heavy atom. The fraction of sp³-hybridized carbons (Fsp3) is 0.833. The molecule has 0 radical (unpaired) electrons. The number of carbonyl (C=O) groups excluding carboxylic acids is 1. The summed E-state index contributed by atoms with van der Waals surface area (Å²) in [6.07, 6.45) is 0.678. The average Bonchev–Trinajstić information content (AvgIpc) is 2.40. The van der Waals surface area contributed by atoms with Crippen LogP contribution in [0, 0.1) is 23.2 Å². The maximum Gasteiger partial charge on any atom is 0.139 e. The number of rotatable bonds is 1. The first-order valence-corrected chi connectivity index (χ1v) is 6.99. The molecule has 0 N–H and O–H groups in total.